The third-order valence-electron chi connectivity index (χ3n) is 4.55. The summed E-state index contributed by atoms with van der Waals surface area (Å²) in [6.07, 6.45) is 0.332. The minimum atomic E-state index is -0.104. The van der Waals surface area contributed by atoms with Crippen LogP contribution >= 0.6 is 0 Å². The van der Waals surface area contributed by atoms with E-state index in [2.05, 4.69) is 0 Å². The minimum absolute atomic E-state index is 0.104. The van der Waals surface area contributed by atoms with Gasteiger partial charge in [0.2, 0.25) is 0 Å². The molecular formula is C21H28O4. The van der Waals surface area contributed by atoms with Gasteiger partial charge < -0.3 is 20.4 Å². The van der Waals surface area contributed by atoms with Crippen molar-refractivity contribution in [3.05, 3.63) is 57.6 Å². The fraction of sp³-hybridized carbons (Fsp3) is 0.429. The van der Waals surface area contributed by atoms with Crippen LogP contribution in [0.4, 0.5) is 0 Å². The molecule has 0 atom stereocenters. The molecule has 4 nitrogen and oxygen atoms in total. The van der Waals surface area contributed by atoms with E-state index in [1.165, 1.54) is 0 Å². The van der Waals surface area contributed by atoms with Crippen molar-refractivity contribution in [2.75, 3.05) is 0 Å². The van der Waals surface area contributed by atoms with Crippen LogP contribution in [0, 0.1) is 0 Å². The standard InChI is InChI=1S/C21H28O4/c1-12(2)18-7-14(10-22)5-16(20(18)24)9-17-6-15(11-23)8-19(13(3)4)21(17)25/h5-8,12-13,22-25H,9-11H2,1-4H3. The molecule has 4 heteroatoms. The van der Waals surface area contributed by atoms with E-state index in [1.807, 2.05) is 39.8 Å². The van der Waals surface area contributed by atoms with Gasteiger partial charge in [0.05, 0.1) is 13.2 Å². The van der Waals surface area contributed by atoms with E-state index < -0.39 is 0 Å². The van der Waals surface area contributed by atoms with Crippen LogP contribution in [0.15, 0.2) is 24.3 Å². The van der Waals surface area contributed by atoms with Gasteiger partial charge >= 0.3 is 0 Å². The second-order valence-electron chi connectivity index (χ2n) is 7.19. The molecule has 0 amide bonds. The number of rotatable bonds is 6. The van der Waals surface area contributed by atoms with Gasteiger partial charge in [-0.25, -0.2) is 0 Å². The maximum absolute atomic E-state index is 10.6. The number of phenolic OH excluding ortho intramolecular Hbond substituents is 2. The maximum Gasteiger partial charge on any atom is 0.122 e. The number of aliphatic hydroxyl groups is 2. The van der Waals surface area contributed by atoms with Crippen LogP contribution in [0.3, 0.4) is 0 Å². The van der Waals surface area contributed by atoms with Crippen LogP contribution in [-0.4, -0.2) is 20.4 Å². The lowest BCUT2D eigenvalue weighted by atomic mass is 9.90. The van der Waals surface area contributed by atoms with Crippen molar-refractivity contribution in [1.82, 2.24) is 0 Å². The molecule has 2 rings (SSSR count). The average Bonchev–Trinajstić information content (AvgIpc) is 2.57. The summed E-state index contributed by atoms with van der Waals surface area (Å²) < 4.78 is 0. The number of hydrogen-bond acceptors (Lipinski definition) is 4. The monoisotopic (exact) mass is 344 g/mol. The van der Waals surface area contributed by atoms with Crippen LogP contribution in [0.5, 0.6) is 11.5 Å². The largest absolute Gasteiger partial charge is 0.507 e. The van der Waals surface area contributed by atoms with Gasteiger partial charge in [-0.15, -0.1) is 0 Å². The molecule has 0 fully saturated rings. The van der Waals surface area contributed by atoms with Crippen LogP contribution < -0.4 is 0 Å². The Kier molecular flexibility index (Phi) is 6.09. The molecule has 0 aromatic heterocycles. The average molecular weight is 344 g/mol. The number of phenols is 2. The zero-order chi connectivity index (χ0) is 18.7. The van der Waals surface area contributed by atoms with E-state index in [0.717, 1.165) is 22.3 Å². The Bertz CT molecular complexity index is 685. The van der Waals surface area contributed by atoms with E-state index in [4.69, 9.17) is 0 Å². The van der Waals surface area contributed by atoms with Gasteiger partial charge in [0.15, 0.2) is 0 Å². The van der Waals surface area contributed by atoms with Crippen molar-refractivity contribution in [3.8, 4) is 11.5 Å². The molecule has 0 bridgehead atoms. The van der Waals surface area contributed by atoms with Gasteiger partial charge in [0.1, 0.15) is 11.5 Å². The second-order valence-corrected chi connectivity index (χ2v) is 7.19. The molecule has 0 aliphatic rings. The highest BCUT2D eigenvalue weighted by molar-refractivity contribution is 5.52. The molecular weight excluding hydrogens is 316 g/mol. The van der Waals surface area contributed by atoms with Gasteiger partial charge in [-0.1, -0.05) is 27.7 Å². The summed E-state index contributed by atoms with van der Waals surface area (Å²) >= 11 is 0. The molecule has 2 aromatic rings. The summed E-state index contributed by atoms with van der Waals surface area (Å²) in [7, 11) is 0. The number of aliphatic hydroxyl groups excluding tert-OH is 2. The van der Waals surface area contributed by atoms with E-state index in [-0.39, 0.29) is 36.5 Å². The third-order valence-corrected chi connectivity index (χ3v) is 4.55. The Labute approximate surface area is 149 Å². The first-order valence-corrected chi connectivity index (χ1v) is 8.69. The van der Waals surface area contributed by atoms with Crippen LogP contribution in [0.2, 0.25) is 0 Å². The topological polar surface area (TPSA) is 80.9 Å². The molecule has 136 valence electrons. The fourth-order valence-electron chi connectivity index (χ4n) is 3.11. The van der Waals surface area contributed by atoms with Crippen molar-refractivity contribution in [1.29, 1.82) is 0 Å². The van der Waals surface area contributed by atoms with Crippen molar-refractivity contribution in [2.24, 2.45) is 0 Å². The first-order valence-electron chi connectivity index (χ1n) is 8.69. The van der Waals surface area contributed by atoms with E-state index in [9.17, 15) is 20.4 Å². The predicted molar refractivity (Wildman–Crippen MR) is 99.0 cm³/mol. The van der Waals surface area contributed by atoms with Crippen molar-refractivity contribution in [2.45, 2.75) is 59.2 Å². The van der Waals surface area contributed by atoms with E-state index in [0.29, 0.717) is 17.5 Å². The predicted octanol–water partition coefficient (Wildman–Crippen LogP) is 3.92. The summed E-state index contributed by atoms with van der Waals surface area (Å²) in [5.41, 5.74) is 4.36. The Morgan fingerprint density at radius 3 is 1.32 bits per heavy atom. The van der Waals surface area contributed by atoms with Gasteiger partial charge in [-0.2, -0.15) is 0 Å². The zero-order valence-corrected chi connectivity index (χ0v) is 15.4. The van der Waals surface area contributed by atoms with Crippen LogP contribution in [0.25, 0.3) is 0 Å². The lowest BCUT2D eigenvalue weighted by Gasteiger charge is -2.18. The first kappa shape index (κ1) is 19.3. The number of aromatic hydroxyl groups is 2. The van der Waals surface area contributed by atoms with E-state index >= 15 is 0 Å². The minimum Gasteiger partial charge on any atom is -0.507 e. The Balaban J connectivity index is 2.56. The smallest absolute Gasteiger partial charge is 0.122 e. The second kappa shape index (κ2) is 7.89. The Hall–Kier alpha value is -2.04. The highest BCUT2D eigenvalue weighted by atomic mass is 16.3. The molecule has 0 unspecified atom stereocenters. The summed E-state index contributed by atoms with van der Waals surface area (Å²) in [4.78, 5) is 0. The molecule has 0 heterocycles. The van der Waals surface area contributed by atoms with Crippen LogP contribution in [-0.2, 0) is 19.6 Å². The first-order chi connectivity index (χ1) is 11.8. The van der Waals surface area contributed by atoms with Crippen molar-refractivity contribution < 1.29 is 20.4 Å². The summed E-state index contributed by atoms with van der Waals surface area (Å²) in [5.74, 6) is 0.641. The Morgan fingerprint density at radius 2 is 1.04 bits per heavy atom. The molecule has 0 spiro atoms. The number of hydrogen-bond donors (Lipinski definition) is 4. The lowest BCUT2D eigenvalue weighted by molar-refractivity contribution is 0.281. The summed E-state index contributed by atoms with van der Waals surface area (Å²) in [5, 5.41) is 40.3. The number of benzene rings is 2. The highest BCUT2D eigenvalue weighted by Crippen LogP contribution is 2.36. The van der Waals surface area contributed by atoms with Gasteiger partial charge in [0, 0.05) is 6.42 Å². The third kappa shape index (κ3) is 4.14. The normalized spacial score (nSPS) is 11.5. The molecule has 0 aliphatic heterocycles. The SMILES string of the molecule is CC(C)c1cc(CO)cc(Cc2cc(CO)cc(C(C)C)c2O)c1O. The molecule has 4 N–H and O–H groups in total. The van der Waals surface area contributed by atoms with Gasteiger partial charge in [-0.05, 0) is 69.5 Å². The van der Waals surface area contributed by atoms with Crippen molar-refractivity contribution >= 4 is 0 Å². The maximum atomic E-state index is 10.6. The molecule has 2 aromatic carbocycles. The Morgan fingerprint density at radius 1 is 0.680 bits per heavy atom. The quantitative estimate of drug-likeness (QED) is 0.640. The van der Waals surface area contributed by atoms with Gasteiger partial charge in [-0.3, -0.25) is 0 Å². The van der Waals surface area contributed by atoms with E-state index in [1.54, 1.807) is 12.1 Å². The van der Waals surface area contributed by atoms with Crippen LogP contribution in [0.1, 0.15) is 72.9 Å². The summed E-state index contributed by atoms with van der Waals surface area (Å²) in [6.45, 7) is 7.74. The fourth-order valence-corrected chi connectivity index (χ4v) is 3.11. The lowest BCUT2D eigenvalue weighted by Crippen LogP contribution is -2.01. The zero-order valence-electron chi connectivity index (χ0n) is 15.4. The van der Waals surface area contributed by atoms with Crippen molar-refractivity contribution in [3.63, 3.8) is 0 Å². The molecule has 0 radical (unpaired) electrons. The molecule has 0 saturated heterocycles. The highest BCUT2D eigenvalue weighted by Gasteiger charge is 2.17. The molecule has 0 saturated carbocycles. The molecule has 25 heavy (non-hydrogen) atoms. The van der Waals surface area contributed by atoms with Gasteiger partial charge in [0.25, 0.3) is 0 Å². The summed E-state index contributed by atoms with van der Waals surface area (Å²) in [6, 6.07) is 7.16. The molecule has 0 aliphatic carbocycles.